The minimum absolute atomic E-state index is 0.222. The predicted octanol–water partition coefficient (Wildman–Crippen LogP) is 11.6. The maximum absolute atomic E-state index is 7.11. The van der Waals surface area contributed by atoms with Crippen LogP contribution in [0.25, 0.3) is 75.2 Å². The Balaban J connectivity index is 1.07. The van der Waals surface area contributed by atoms with E-state index in [4.69, 9.17) is 14.6 Å². The number of nitrogens with two attached hydrogens (primary N) is 1. The molecule has 5 nitrogen and oxygen atoms in total. The summed E-state index contributed by atoms with van der Waals surface area (Å²) in [5, 5.41) is 14.4. The van der Waals surface area contributed by atoms with Crippen LogP contribution in [0.5, 0.6) is 0 Å². The second-order valence-corrected chi connectivity index (χ2v) is 14.2. The van der Waals surface area contributed by atoms with Gasteiger partial charge in [-0.25, -0.2) is 0 Å². The molecule has 0 fully saturated rings. The monoisotopic (exact) mass is 679 g/mol. The van der Waals surface area contributed by atoms with Crippen molar-refractivity contribution in [3.05, 3.63) is 168 Å². The first-order valence-corrected chi connectivity index (χ1v) is 18.1. The quantitative estimate of drug-likeness (QED) is 0.139. The lowest BCUT2D eigenvalue weighted by Crippen LogP contribution is -2.39. The second-order valence-electron chi connectivity index (χ2n) is 13.1. The summed E-state index contributed by atoms with van der Waals surface area (Å²) in [5.74, 6) is 0. The Morgan fingerprint density at radius 1 is 0.549 bits per heavy atom. The summed E-state index contributed by atoms with van der Waals surface area (Å²) in [6.45, 7) is 0.686. The third-order valence-electron chi connectivity index (χ3n) is 10.0. The maximum Gasteiger partial charge on any atom is 0.143 e. The summed E-state index contributed by atoms with van der Waals surface area (Å²) >= 11 is 1.82. The number of nitrogens with one attached hydrogen (secondary N) is 2. The van der Waals surface area contributed by atoms with Crippen LogP contribution in [0.4, 0.5) is 0 Å². The molecule has 0 saturated carbocycles. The molecule has 0 bridgehead atoms. The van der Waals surface area contributed by atoms with Crippen LogP contribution >= 0.6 is 11.3 Å². The van der Waals surface area contributed by atoms with E-state index in [1.807, 2.05) is 47.7 Å². The van der Waals surface area contributed by atoms with Crippen molar-refractivity contribution in [2.45, 2.75) is 18.9 Å². The van der Waals surface area contributed by atoms with Crippen LogP contribution in [0.2, 0.25) is 0 Å². The van der Waals surface area contributed by atoms with Crippen LogP contribution in [0.15, 0.2) is 160 Å². The largest absolute Gasteiger partial charge is 0.456 e. The molecule has 10 rings (SSSR count). The Hall–Kier alpha value is -5.76. The number of fused-ring (bicyclic) bond motifs is 9. The van der Waals surface area contributed by atoms with Crippen molar-refractivity contribution >= 4 is 75.4 Å². The Kier molecular flexibility index (Phi) is 7.22. The smallest absolute Gasteiger partial charge is 0.143 e. The third-order valence-corrected chi connectivity index (χ3v) is 11.2. The number of thiophene rings is 1. The second kappa shape index (κ2) is 12.2. The van der Waals surface area contributed by atoms with Gasteiger partial charge >= 0.3 is 0 Å². The average molecular weight is 680 g/mol. The standard InChI is InChI=1S/C45H33N3O2S/c46-44(48-45(47-26-27-11-2-1-3-12-27)34-18-10-22-40-42(34)33-14-5-7-21-39(33)51-40)28-23-24-37-35(25-28)41-30(15-9-20-38(41)49-37)32-17-8-16-31-29-13-4-6-19-36(29)50-43(31)32/h1-25,44-45,47-48H,26,46H2. The number of benzene rings is 7. The van der Waals surface area contributed by atoms with Gasteiger partial charge in [0.25, 0.3) is 0 Å². The van der Waals surface area contributed by atoms with Crippen molar-refractivity contribution < 1.29 is 8.83 Å². The first-order valence-electron chi connectivity index (χ1n) is 17.2. The Bertz CT molecular complexity index is 2890. The van der Waals surface area contributed by atoms with Gasteiger partial charge in [-0.05, 0) is 58.7 Å². The zero-order valence-corrected chi connectivity index (χ0v) is 28.4. The van der Waals surface area contributed by atoms with E-state index in [-0.39, 0.29) is 6.17 Å². The zero-order chi connectivity index (χ0) is 33.9. The van der Waals surface area contributed by atoms with Gasteiger partial charge in [-0.3, -0.25) is 10.6 Å². The Morgan fingerprint density at radius 2 is 1.25 bits per heavy atom. The fraction of sp³-hybridized carbons (Fsp3) is 0.0667. The maximum atomic E-state index is 7.11. The van der Waals surface area contributed by atoms with E-state index in [1.54, 1.807) is 0 Å². The molecule has 0 aliphatic carbocycles. The molecule has 0 amide bonds. The highest BCUT2D eigenvalue weighted by Gasteiger charge is 2.22. The molecule has 4 N–H and O–H groups in total. The van der Waals surface area contributed by atoms with Crippen molar-refractivity contribution in [2.75, 3.05) is 0 Å². The number of hydrogen-bond acceptors (Lipinski definition) is 6. The molecule has 246 valence electrons. The molecule has 0 aliphatic heterocycles. The molecule has 0 spiro atoms. The molecular formula is C45H33N3O2S. The summed E-state index contributed by atoms with van der Waals surface area (Å²) in [4.78, 5) is 0. The van der Waals surface area contributed by atoms with Crippen LogP contribution < -0.4 is 16.4 Å². The molecule has 51 heavy (non-hydrogen) atoms. The van der Waals surface area contributed by atoms with Gasteiger partial charge in [-0.1, -0.05) is 115 Å². The average Bonchev–Trinajstić information content (AvgIpc) is 3.88. The van der Waals surface area contributed by atoms with Crippen molar-refractivity contribution in [1.82, 2.24) is 10.6 Å². The van der Waals surface area contributed by atoms with E-state index in [2.05, 4.69) is 126 Å². The van der Waals surface area contributed by atoms with Gasteiger partial charge in [0.15, 0.2) is 0 Å². The molecule has 3 aromatic heterocycles. The lowest BCUT2D eigenvalue weighted by molar-refractivity contribution is 0.388. The number of furan rings is 2. The van der Waals surface area contributed by atoms with Crippen molar-refractivity contribution in [3.8, 4) is 11.1 Å². The Morgan fingerprint density at radius 3 is 2.18 bits per heavy atom. The van der Waals surface area contributed by atoms with Gasteiger partial charge in [0, 0.05) is 53.8 Å². The topological polar surface area (TPSA) is 76.4 Å². The molecule has 10 aromatic rings. The van der Waals surface area contributed by atoms with E-state index < -0.39 is 6.17 Å². The van der Waals surface area contributed by atoms with Crippen LogP contribution in [-0.4, -0.2) is 0 Å². The summed E-state index contributed by atoms with van der Waals surface area (Å²) in [6, 6.07) is 52.8. The highest BCUT2D eigenvalue weighted by molar-refractivity contribution is 7.25. The van der Waals surface area contributed by atoms with Gasteiger partial charge in [-0.15, -0.1) is 11.3 Å². The molecule has 7 aromatic carbocycles. The van der Waals surface area contributed by atoms with Gasteiger partial charge in [0.2, 0.25) is 0 Å². The lowest BCUT2D eigenvalue weighted by atomic mass is 9.96. The van der Waals surface area contributed by atoms with Gasteiger partial charge in [0.1, 0.15) is 22.3 Å². The summed E-state index contributed by atoms with van der Waals surface area (Å²) < 4.78 is 15.4. The Labute approximate surface area is 297 Å². The SMILES string of the molecule is NC(NC(NCc1ccccc1)c1cccc2sc3ccccc3c12)c1ccc2oc3cccc(-c4cccc5c4oc4ccccc45)c3c2c1. The van der Waals surface area contributed by atoms with E-state index in [1.165, 1.54) is 31.3 Å². The number of para-hydroxylation sites is 2. The lowest BCUT2D eigenvalue weighted by Gasteiger charge is -2.26. The summed E-state index contributed by atoms with van der Waals surface area (Å²) in [5.41, 5.74) is 16.0. The highest BCUT2D eigenvalue weighted by Crippen LogP contribution is 2.42. The molecule has 3 heterocycles. The van der Waals surface area contributed by atoms with Gasteiger partial charge in [0.05, 0.1) is 12.3 Å². The fourth-order valence-corrected chi connectivity index (χ4v) is 8.75. The number of hydrogen-bond donors (Lipinski definition) is 3. The van der Waals surface area contributed by atoms with Crippen molar-refractivity contribution in [1.29, 1.82) is 0 Å². The minimum Gasteiger partial charge on any atom is -0.456 e. The molecule has 0 aliphatic rings. The van der Waals surface area contributed by atoms with E-state index in [9.17, 15) is 0 Å². The van der Waals surface area contributed by atoms with Crippen molar-refractivity contribution in [3.63, 3.8) is 0 Å². The van der Waals surface area contributed by atoms with Crippen LogP contribution in [0, 0.1) is 0 Å². The zero-order valence-electron chi connectivity index (χ0n) is 27.6. The highest BCUT2D eigenvalue weighted by atomic mass is 32.1. The molecule has 6 heteroatoms. The first-order chi connectivity index (χ1) is 25.2. The van der Waals surface area contributed by atoms with Crippen LogP contribution in [0.1, 0.15) is 29.0 Å². The minimum atomic E-state index is -0.473. The van der Waals surface area contributed by atoms with Gasteiger partial charge in [-0.2, -0.15) is 0 Å². The molecule has 2 unspecified atom stereocenters. The summed E-state index contributed by atoms with van der Waals surface area (Å²) in [6.07, 6.45) is -0.696. The fourth-order valence-electron chi connectivity index (χ4n) is 7.61. The molecular weight excluding hydrogens is 647 g/mol. The first kappa shape index (κ1) is 30.1. The van der Waals surface area contributed by atoms with E-state index in [0.29, 0.717) is 6.54 Å². The number of rotatable bonds is 8. The van der Waals surface area contributed by atoms with Gasteiger partial charge < -0.3 is 14.6 Å². The van der Waals surface area contributed by atoms with E-state index in [0.717, 1.165) is 60.6 Å². The molecule has 0 saturated heterocycles. The van der Waals surface area contributed by atoms with Crippen LogP contribution in [0.3, 0.4) is 0 Å². The molecule has 2 atom stereocenters. The summed E-state index contributed by atoms with van der Waals surface area (Å²) in [7, 11) is 0. The third kappa shape index (κ3) is 5.11. The normalized spacial score (nSPS) is 13.3. The predicted molar refractivity (Wildman–Crippen MR) is 212 cm³/mol. The molecule has 0 radical (unpaired) electrons. The van der Waals surface area contributed by atoms with Crippen molar-refractivity contribution in [2.24, 2.45) is 5.73 Å². The van der Waals surface area contributed by atoms with Crippen LogP contribution in [-0.2, 0) is 6.54 Å². The van der Waals surface area contributed by atoms with E-state index >= 15 is 0 Å².